The van der Waals surface area contributed by atoms with E-state index in [0.29, 0.717) is 25.2 Å². The molecule has 0 bridgehead atoms. The lowest BCUT2D eigenvalue weighted by Crippen LogP contribution is -2.52. The number of aromatic amines is 1. The SMILES string of the molecule is Cc1n[nH]c(C)c1C(=O)N1CC(Cn2nc(C(C)(C)C)ccc2=O)C1. The van der Waals surface area contributed by atoms with E-state index in [1.807, 2.05) is 13.8 Å². The molecule has 7 heteroatoms. The van der Waals surface area contributed by atoms with Gasteiger partial charge in [0.15, 0.2) is 0 Å². The largest absolute Gasteiger partial charge is 0.338 e. The van der Waals surface area contributed by atoms with E-state index in [9.17, 15) is 9.59 Å². The van der Waals surface area contributed by atoms with Gasteiger partial charge in [-0.05, 0) is 19.9 Å². The second kappa shape index (κ2) is 6.13. The Kier molecular flexibility index (Phi) is 4.26. The summed E-state index contributed by atoms with van der Waals surface area (Å²) in [6.07, 6.45) is 0. The van der Waals surface area contributed by atoms with Crippen LogP contribution in [0.3, 0.4) is 0 Å². The first-order valence-electron chi connectivity index (χ1n) is 8.56. The molecule has 25 heavy (non-hydrogen) atoms. The topological polar surface area (TPSA) is 83.9 Å². The molecule has 3 rings (SSSR count). The minimum atomic E-state index is -0.104. The number of rotatable bonds is 3. The van der Waals surface area contributed by atoms with Gasteiger partial charge in [-0.15, -0.1) is 0 Å². The third-order valence-corrected chi connectivity index (χ3v) is 4.65. The predicted molar refractivity (Wildman–Crippen MR) is 94.7 cm³/mol. The number of carbonyl (C=O) groups excluding carboxylic acids is 1. The van der Waals surface area contributed by atoms with Gasteiger partial charge in [-0.2, -0.15) is 10.2 Å². The highest BCUT2D eigenvalue weighted by Crippen LogP contribution is 2.23. The smallest absolute Gasteiger partial charge is 0.266 e. The number of aryl methyl sites for hydroxylation is 2. The Balaban J connectivity index is 1.67. The molecule has 1 saturated heterocycles. The lowest BCUT2D eigenvalue weighted by atomic mass is 9.92. The maximum atomic E-state index is 12.6. The number of nitrogens with zero attached hydrogens (tertiary/aromatic N) is 4. The second-order valence-corrected chi connectivity index (χ2v) is 7.87. The molecule has 0 atom stereocenters. The van der Waals surface area contributed by atoms with Crippen molar-refractivity contribution in [3.8, 4) is 0 Å². The molecule has 1 aliphatic rings. The molecule has 2 aromatic rings. The molecule has 7 nitrogen and oxygen atoms in total. The lowest BCUT2D eigenvalue weighted by molar-refractivity contribution is 0.0456. The van der Waals surface area contributed by atoms with Crippen LogP contribution in [0.2, 0.25) is 0 Å². The summed E-state index contributed by atoms with van der Waals surface area (Å²) in [7, 11) is 0. The fraction of sp³-hybridized carbons (Fsp3) is 0.556. The highest BCUT2D eigenvalue weighted by Gasteiger charge is 2.33. The van der Waals surface area contributed by atoms with Crippen LogP contribution >= 0.6 is 0 Å². The molecule has 0 saturated carbocycles. The van der Waals surface area contributed by atoms with E-state index in [0.717, 1.165) is 17.1 Å². The number of hydrogen-bond acceptors (Lipinski definition) is 4. The van der Waals surface area contributed by atoms with Gasteiger partial charge in [0.2, 0.25) is 0 Å². The van der Waals surface area contributed by atoms with Gasteiger partial charge in [-0.3, -0.25) is 14.7 Å². The molecule has 0 radical (unpaired) electrons. The first kappa shape index (κ1) is 17.4. The monoisotopic (exact) mass is 343 g/mol. The van der Waals surface area contributed by atoms with E-state index >= 15 is 0 Å². The lowest BCUT2D eigenvalue weighted by Gasteiger charge is -2.39. The highest BCUT2D eigenvalue weighted by atomic mass is 16.2. The second-order valence-electron chi connectivity index (χ2n) is 7.87. The third-order valence-electron chi connectivity index (χ3n) is 4.65. The van der Waals surface area contributed by atoms with Crippen LogP contribution in [0.25, 0.3) is 0 Å². The molecule has 3 heterocycles. The van der Waals surface area contributed by atoms with Crippen LogP contribution in [0.4, 0.5) is 0 Å². The van der Waals surface area contributed by atoms with E-state index in [4.69, 9.17) is 0 Å². The van der Waals surface area contributed by atoms with Gasteiger partial charge < -0.3 is 4.90 Å². The molecule has 0 unspecified atom stereocenters. The van der Waals surface area contributed by atoms with Crippen molar-refractivity contribution in [3.63, 3.8) is 0 Å². The van der Waals surface area contributed by atoms with Gasteiger partial charge in [0.25, 0.3) is 11.5 Å². The molecule has 2 aromatic heterocycles. The van der Waals surface area contributed by atoms with Crippen molar-refractivity contribution in [1.29, 1.82) is 0 Å². The Morgan fingerprint density at radius 1 is 1.28 bits per heavy atom. The third kappa shape index (κ3) is 3.36. The van der Waals surface area contributed by atoms with Crippen LogP contribution in [0.15, 0.2) is 16.9 Å². The van der Waals surface area contributed by atoms with Gasteiger partial charge >= 0.3 is 0 Å². The predicted octanol–water partition coefficient (Wildman–Crippen LogP) is 1.65. The molecular formula is C18H25N5O2. The number of nitrogens with one attached hydrogen (secondary N) is 1. The fourth-order valence-electron chi connectivity index (χ4n) is 3.10. The van der Waals surface area contributed by atoms with E-state index in [1.54, 1.807) is 17.0 Å². The van der Waals surface area contributed by atoms with Crippen molar-refractivity contribution in [2.45, 2.75) is 46.6 Å². The molecule has 1 N–H and O–H groups in total. The van der Waals surface area contributed by atoms with Crippen molar-refractivity contribution in [1.82, 2.24) is 24.9 Å². The molecule has 1 amide bonds. The van der Waals surface area contributed by atoms with E-state index in [-0.39, 0.29) is 22.8 Å². The zero-order valence-electron chi connectivity index (χ0n) is 15.5. The van der Waals surface area contributed by atoms with Crippen LogP contribution in [0.5, 0.6) is 0 Å². The molecule has 134 valence electrons. The Labute approximate surface area is 147 Å². The van der Waals surface area contributed by atoms with Crippen LogP contribution in [-0.2, 0) is 12.0 Å². The summed E-state index contributed by atoms with van der Waals surface area (Å²) in [6, 6.07) is 3.37. The Bertz CT molecular complexity index is 834. The summed E-state index contributed by atoms with van der Waals surface area (Å²) < 4.78 is 1.53. The first-order valence-corrected chi connectivity index (χ1v) is 8.56. The highest BCUT2D eigenvalue weighted by molar-refractivity contribution is 5.96. The maximum Gasteiger partial charge on any atom is 0.266 e. The van der Waals surface area contributed by atoms with Crippen molar-refractivity contribution >= 4 is 5.91 Å². The maximum absolute atomic E-state index is 12.6. The normalized spacial score (nSPS) is 15.3. The summed E-state index contributed by atoms with van der Waals surface area (Å²) in [5.41, 5.74) is 2.86. The summed E-state index contributed by atoms with van der Waals surface area (Å²) in [5.74, 6) is 0.251. The number of H-pyrrole nitrogens is 1. The standard InChI is InChI=1S/C18H25N5O2/c1-11-16(12(2)20-19-11)17(25)22-8-13(9-22)10-23-15(24)7-6-14(21-23)18(3,4)5/h6-7,13H,8-10H2,1-5H3,(H,19,20). The van der Waals surface area contributed by atoms with Crippen LogP contribution in [0, 0.1) is 19.8 Å². The van der Waals surface area contributed by atoms with Crippen molar-refractivity contribution < 1.29 is 4.79 Å². The minimum Gasteiger partial charge on any atom is -0.338 e. The van der Waals surface area contributed by atoms with Gasteiger partial charge in [0, 0.05) is 36.2 Å². The van der Waals surface area contributed by atoms with E-state index in [1.165, 1.54) is 4.68 Å². The van der Waals surface area contributed by atoms with Crippen LogP contribution in [-0.4, -0.2) is 43.9 Å². The molecule has 1 fully saturated rings. The Morgan fingerprint density at radius 3 is 2.52 bits per heavy atom. The van der Waals surface area contributed by atoms with Crippen molar-refractivity contribution in [2.24, 2.45) is 5.92 Å². The Morgan fingerprint density at radius 2 is 1.96 bits per heavy atom. The van der Waals surface area contributed by atoms with Gasteiger partial charge in [0.1, 0.15) is 0 Å². The quantitative estimate of drug-likeness (QED) is 0.918. The fourth-order valence-corrected chi connectivity index (χ4v) is 3.10. The van der Waals surface area contributed by atoms with Gasteiger partial charge in [-0.1, -0.05) is 20.8 Å². The summed E-state index contributed by atoms with van der Waals surface area (Å²) in [5, 5.41) is 11.4. The van der Waals surface area contributed by atoms with Crippen molar-refractivity contribution in [3.05, 3.63) is 45.1 Å². The number of carbonyl (C=O) groups is 1. The van der Waals surface area contributed by atoms with Crippen LogP contribution in [0.1, 0.15) is 48.2 Å². The summed E-state index contributed by atoms with van der Waals surface area (Å²) >= 11 is 0. The first-order chi connectivity index (χ1) is 11.7. The van der Waals surface area contributed by atoms with Gasteiger partial charge in [0.05, 0.1) is 23.5 Å². The summed E-state index contributed by atoms with van der Waals surface area (Å²) in [4.78, 5) is 26.4. The Hall–Kier alpha value is -2.44. The number of likely N-dealkylation sites (tertiary alicyclic amines) is 1. The molecular weight excluding hydrogens is 318 g/mol. The number of hydrogen-bond donors (Lipinski definition) is 1. The average molecular weight is 343 g/mol. The van der Waals surface area contributed by atoms with Crippen molar-refractivity contribution in [2.75, 3.05) is 13.1 Å². The van der Waals surface area contributed by atoms with Gasteiger partial charge in [-0.25, -0.2) is 4.68 Å². The van der Waals surface area contributed by atoms with E-state index in [2.05, 4.69) is 36.1 Å². The molecule has 0 spiro atoms. The zero-order valence-corrected chi connectivity index (χ0v) is 15.5. The number of amides is 1. The zero-order chi connectivity index (χ0) is 18.4. The molecule has 1 aliphatic heterocycles. The molecule has 0 aliphatic carbocycles. The van der Waals surface area contributed by atoms with E-state index < -0.39 is 0 Å². The van der Waals surface area contributed by atoms with Crippen LogP contribution < -0.4 is 5.56 Å². The molecule has 0 aromatic carbocycles. The average Bonchev–Trinajstić information content (AvgIpc) is 2.81. The number of aromatic nitrogens is 4. The minimum absolute atomic E-state index is 0.00347. The summed E-state index contributed by atoms with van der Waals surface area (Å²) in [6.45, 7) is 11.7.